The summed E-state index contributed by atoms with van der Waals surface area (Å²) in [4.78, 5) is 7.04. The van der Waals surface area contributed by atoms with Gasteiger partial charge in [0, 0.05) is 45.0 Å². The number of aliphatic imine (C=N–C) groups is 1. The zero-order valence-corrected chi connectivity index (χ0v) is 20.0. The molecule has 1 aliphatic heterocycles. The molecule has 2 N–H and O–H groups in total. The molecule has 3 unspecified atom stereocenters. The van der Waals surface area contributed by atoms with Crippen LogP contribution in [-0.4, -0.2) is 82.3 Å². The molecular formula is C17H37IN4O3S. The van der Waals surface area contributed by atoms with Crippen LogP contribution in [0.3, 0.4) is 0 Å². The van der Waals surface area contributed by atoms with Crippen LogP contribution < -0.4 is 10.6 Å². The van der Waals surface area contributed by atoms with Gasteiger partial charge in [-0.15, -0.1) is 24.0 Å². The smallest absolute Gasteiger partial charge is 0.191 e. The monoisotopic (exact) mass is 504 g/mol. The van der Waals surface area contributed by atoms with Gasteiger partial charge in [0.2, 0.25) is 0 Å². The predicted octanol–water partition coefficient (Wildman–Crippen LogP) is 1.48. The van der Waals surface area contributed by atoms with Gasteiger partial charge in [0.15, 0.2) is 5.96 Å². The largest absolute Gasteiger partial charge is 0.373 e. The molecule has 0 bridgehead atoms. The first-order valence-electron chi connectivity index (χ1n) is 9.30. The van der Waals surface area contributed by atoms with Crippen LogP contribution in [0.25, 0.3) is 0 Å². The average molecular weight is 504 g/mol. The molecule has 26 heavy (non-hydrogen) atoms. The molecule has 1 aliphatic rings. The van der Waals surface area contributed by atoms with Crippen LogP contribution in [0.4, 0.5) is 0 Å². The van der Waals surface area contributed by atoms with E-state index in [1.807, 2.05) is 13.8 Å². The molecule has 3 atom stereocenters. The van der Waals surface area contributed by atoms with Crippen molar-refractivity contribution in [2.75, 3.05) is 44.7 Å². The molecule has 1 fully saturated rings. The van der Waals surface area contributed by atoms with Gasteiger partial charge >= 0.3 is 0 Å². The van der Waals surface area contributed by atoms with Crippen LogP contribution in [-0.2, 0) is 14.6 Å². The number of halogens is 1. The summed E-state index contributed by atoms with van der Waals surface area (Å²) in [5, 5.41) is 6.50. The topological polar surface area (TPSA) is 83.0 Å². The van der Waals surface area contributed by atoms with E-state index in [0.717, 1.165) is 45.1 Å². The van der Waals surface area contributed by atoms with Crippen LogP contribution >= 0.6 is 24.0 Å². The van der Waals surface area contributed by atoms with Crippen LogP contribution in [0.5, 0.6) is 0 Å². The molecule has 0 aliphatic carbocycles. The number of rotatable bonds is 9. The number of hydrogen-bond donors (Lipinski definition) is 2. The molecule has 0 aromatic heterocycles. The molecule has 7 nitrogen and oxygen atoms in total. The highest BCUT2D eigenvalue weighted by molar-refractivity contribution is 14.0. The van der Waals surface area contributed by atoms with Crippen molar-refractivity contribution < 1.29 is 13.2 Å². The Morgan fingerprint density at radius 3 is 2.46 bits per heavy atom. The lowest BCUT2D eigenvalue weighted by atomic mass is 10.2. The normalized spacial score (nSPS) is 23.2. The maximum atomic E-state index is 11.3. The fraction of sp³-hybridized carbons (Fsp3) is 0.941. The Bertz CT molecular complexity index is 506. The lowest BCUT2D eigenvalue weighted by Gasteiger charge is -2.35. The fourth-order valence-corrected chi connectivity index (χ4v) is 3.75. The number of guanidine groups is 1. The van der Waals surface area contributed by atoms with Crippen molar-refractivity contribution in [3.05, 3.63) is 0 Å². The second kappa shape index (κ2) is 13.1. The predicted molar refractivity (Wildman–Crippen MR) is 119 cm³/mol. The summed E-state index contributed by atoms with van der Waals surface area (Å²) in [5.74, 6) is 0.945. The second-order valence-electron chi connectivity index (χ2n) is 7.10. The van der Waals surface area contributed by atoms with Crippen molar-refractivity contribution in [3.8, 4) is 0 Å². The molecule has 0 aromatic carbocycles. The van der Waals surface area contributed by atoms with Crippen LogP contribution in [0.2, 0.25) is 0 Å². The Hall–Kier alpha value is -0.130. The van der Waals surface area contributed by atoms with Gasteiger partial charge in [0.05, 0.1) is 18.0 Å². The number of hydrogen-bond acceptors (Lipinski definition) is 5. The quantitative estimate of drug-likeness (QED) is 0.214. The minimum atomic E-state index is -2.93. The summed E-state index contributed by atoms with van der Waals surface area (Å²) >= 11 is 0. The first-order chi connectivity index (χ1) is 11.7. The second-order valence-corrected chi connectivity index (χ2v) is 9.35. The Balaban J connectivity index is 0.00000625. The van der Waals surface area contributed by atoms with E-state index in [4.69, 9.17) is 4.74 Å². The Morgan fingerprint density at radius 2 is 1.92 bits per heavy atom. The number of sulfone groups is 1. The third-order valence-electron chi connectivity index (χ3n) is 4.05. The average Bonchev–Trinajstić information content (AvgIpc) is 2.48. The molecule has 1 saturated heterocycles. The number of morpholine rings is 1. The molecular weight excluding hydrogens is 467 g/mol. The van der Waals surface area contributed by atoms with E-state index in [-0.39, 0.29) is 35.8 Å². The number of ether oxygens (including phenoxy) is 1. The lowest BCUT2D eigenvalue weighted by Crippen LogP contribution is -2.46. The zero-order chi connectivity index (χ0) is 18.9. The van der Waals surface area contributed by atoms with E-state index in [2.05, 4.69) is 34.4 Å². The standard InChI is InChI=1S/C17H36N4O3S.HI/c1-6-18-17(20-14(2)8-11-25(5,22)23)19-9-7-10-21-12-15(3)24-16(4)13-21;/h14-16H,6-13H2,1-5H3,(H2,18,19,20);1H. The summed E-state index contributed by atoms with van der Waals surface area (Å²) in [5.41, 5.74) is 0. The van der Waals surface area contributed by atoms with E-state index < -0.39 is 9.84 Å². The highest BCUT2D eigenvalue weighted by Gasteiger charge is 2.21. The zero-order valence-electron chi connectivity index (χ0n) is 16.8. The summed E-state index contributed by atoms with van der Waals surface area (Å²) in [6.45, 7) is 12.7. The first kappa shape index (κ1) is 25.9. The summed E-state index contributed by atoms with van der Waals surface area (Å²) in [6.07, 6.45) is 3.43. The van der Waals surface area contributed by atoms with Crippen LogP contribution in [0.1, 0.15) is 40.5 Å². The van der Waals surface area contributed by atoms with Gasteiger partial charge in [-0.1, -0.05) is 0 Å². The molecule has 0 amide bonds. The molecule has 1 heterocycles. The van der Waals surface area contributed by atoms with Crippen molar-refractivity contribution >= 4 is 39.8 Å². The van der Waals surface area contributed by atoms with E-state index in [1.54, 1.807) is 0 Å². The van der Waals surface area contributed by atoms with Crippen molar-refractivity contribution in [1.29, 1.82) is 0 Å². The summed E-state index contributed by atoms with van der Waals surface area (Å²) in [7, 11) is -2.93. The summed E-state index contributed by atoms with van der Waals surface area (Å²) < 4.78 is 28.3. The van der Waals surface area contributed by atoms with Crippen molar-refractivity contribution in [2.45, 2.75) is 58.8 Å². The Morgan fingerprint density at radius 1 is 1.31 bits per heavy atom. The van der Waals surface area contributed by atoms with Gasteiger partial charge in [-0.25, -0.2) is 8.42 Å². The lowest BCUT2D eigenvalue weighted by molar-refractivity contribution is -0.0679. The number of nitrogens with zero attached hydrogens (tertiary/aromatic N) is 2. The first-order valence-corrected chi connectivity index (χ1v) is 11.4. The minimum absolute atomic E-state index is 0. The molecule has 0 aromatic rings. The van der Waals surface area contributed by atoms with Crippen molar-refractivity contribution in [2.24, 2.45) is 4.99 Å². The Kier molecular flexibility index (Phi) is 13.0. The highest BCUT2D eigenvalue weighted by atomic mass is 127. The maximum absolute atomic E-state index is 11.3. The minimum Gasteiger partial charge on any atom is -0.373 e. The van der Waals surface area contributed by atoms with Crippen molar-refractivity contribution in [3.63, 3.8) is 0 Å². The van der Waals surface area contributed by atoms with Gasteiger partial charge in [0.1, 0.15) is 9.84 Å². The van der Waals surface area contributed by atoms with Gasteiger partial charge in [0.25, 0.3) is 0 Å². The van der Waals surface area contributed by atoms with Gasteiger partial charge in [-0.05, 0) is 40.5 Å². The fourth-order valence-electron chi connectivity index (χ4n) is 2.97. The third-order valence-corrected chi connectivity index (χ3v) is 5.02. The van der Waals surface area contributed by atoms with Gasteiger partial charge in [-0.3, -0.25) is 9.89 Å². The third kappa shape index (κ3) is 12.3. The van der Waals surface area contributed by atoms with Gasteiger partial charge in [-0.2, -0.15) is 0 Å². The summed E-state index contributed by atoms with van der Waals surface area (Å²) in [6, 6.07) is 0.0634. The molecule has 1 rings (SSSR count). The molecule has 9 heteroatoms. The van der Waals surface area contributed by atoms with Crippen LogP contribution in [0.15, 0.2) is 4.99 Å². The van der Waals surface area contributed by atoms with E-state index in [9.17, 15) is 8.42 Å². The van der Waals surface area contributed by atoms with E-state index in [0.29, 0.717) is 18.6 Å². The SMILES string of the molecule is CCNC(=NCCCN1CC(C)OC(C)C1)NC(C)CCS(C)(=O)=O.I. The highest BCUT2D eigenvalue weighted by Crippen LogP contribution is 2.10. The van der Waals surface area contributed by atoms with Crippen molar-refractivity contribution in [1.82, 2.24) is 15.5 Å². The number of nitrogens with one attached hydrogen (secondary N) is 2. The maximum Gasteiger partial charge on any atom is 0.191 e. The van der Waals surface area contributed by atoms with E-state index in [1.165, 1.54) is 6.26 Å². The van der Waals surface area contributed by atoms with E-state index >= 15 is 0 Å². The molecule has 0 saturated carbocycles. The molecule has 0 spiro atoms. The molecule has 0 radical (unpaired) electrons. The Labute approximate surface area is 176 Å². The van der Waals surface area contributed by atoms with Crippen LogP contribution in [0, 0.1) is 0 Å². The molecule has 156 valence electrons. The van der Waals surface area contributed by atoms with Gasteiger partial charge < -0.3 is 15.4 Å².